The van der Waals surface area contributed by atoms with E-state index in [0.717, 1.165) is 22.6 Å². The van der Waals surface area contributed by atoms with E-state index in [1.165, 1.54) is 17.0 Å². The van der Waals surface area contributed by atoms with Crippen molar-refractivity contribution in [3.05, 3.63) is 82.9 Å². The van der Waals surface area contributed by atoms with Gasteiger partial charge in [-0.1, -0.05) is 61.1 Å². The summed E-state index contributed by atoms with van der Waals surface area (Å²) in [6, 6.07) is 21.0. The van der Waals surface area contributed by atoms with Crippen LogP contribution < -0.4 is 19.7 Å². The van der Waals surface area contributed by atoms with E-state index in [-0.39, 0.29) is 48.9 Å². The number of hydrogen-bond acceptors (Lipinski definition) is 7. The first-order valence-corrected chi connectivity index (χ1v) is 19.0. The number of aliphatic hydroxyl groups is 1. The van der Waals surface area contributed by atoms with E-state index in [9.17, 15) is 19.5 Å². The van der Waals surface area contributed by atoms with Crippen LogP contribution in [0.3, 0.4) is 0 Å². The number of fused-ring (bicyclic) bond motifs is 2. The van der Waals surface area contributed by atoms with Gasteiger partial charge in [0.1, 0.15) is 5.75 Å². The zero-order valence-corrected chi connectivity index (χ0v) is 28.4. The number of esters is 1. The minimum absolute atomic E-state index is 0.0160. The summed E-state index contributed by atoms with van der Waals surface area (Å²) < 4.78 is 17.6. The number of carbonyl (C=O) groups excluding carboxylic acids is 3. The van der Waals surface area contributed by atoms with Crippen LogP contribution >= 0.6 is 11.6 Å². The summed E-state index contributed by atoms with van der Waals surface area (Å²) >= 11 is 6.57. The molecule has 46 heavy (non-hydrogen) atoms. The third-order valence-electron chi connectivity index (χ3n) is 9.97. The molecule has 9 nitrogen and oxygen atoms in total. The van der Waals surface area contributed by atoms with E-state index in [2.05, 4.69) is 32.2 Å². The summed E-state index contributed by atoms with van der Waals surface area (Å²) in [5.41, 5.74) is 1.72. The van der Waals surface area contributed by atoms with Crippen molar-refractivity contribution in [1.29, 1.82) is 0 Å². The number of benzene rings is 3. The van der Waals surface area contributed by atoms with Crippen LogP contribution in [0.2, 0.25) is 23.7 Å². The molecule has 3 aromatic carbocycles. The second-order valence-electron chi connectivity index (χ2n) is 12.9. The number of amides is 2. The van der Waals surface area contributed by atoms with Gasteiger partial charge in [0.25, 0.3) is 5.91 Å². The lowest BCUT2D eigenvalue weighted by atomic mass is 9.82. The molecule has 1 N–H and O–H groups in total. The molecule has 3 aromatic rings. The lowest BCUT2D eigenvalue weighted by Gasteiger charge is -2.39. The van der Waals surface area contributed by atoms with Crippen LogP contribution in [0.4, 0.5) is 11.4 Å². The van der Waals surface area contributed by atoms with E-state index >= 15 is 0 Å². The number of hydrogen-bond donors (Lipinski definition) is 1. The van der Waals surface area contributed by atoms with Gasteiger partial charge in [-0.3, -0.25) is 19.3 Å². The molecule has 3 heterocycles. The molecule has 6 rings (SSSR count). The van der Waals surface area contributed by atoms with E-state index in [4.69, 9.17) is 25.8 Å². The fraction of sp³-hybridized carbons (Fsp3) is 0.400. The predicted molar refractivity (Wildman–Crippen MR) is 178 cm³/mol. The smallest absolute Gasteiger partial charge is 0.304 e. The van der Waals surface area contributed by atoms with Gasteiger partial charge in [0.05, 0.1) is 39.9 Å². The summed E-state index contributed by atoms with van der Waals surface area (Å²) in [5.74, 6) is -0.144. The van der Waals surface area contributed by atoms with Crippen LogP contribution in [-0.4, -0.2) is 57.0 Å². The number of halogens is 1. The molecule has 0 saturated carbocycles. The van der Waals surface area contributed by atoms with Gasteiger partial charge in [-0.05, 0) is 60.0 Å². The van der Waals surface area contributed by atoms with E-state index in [1.807, 2.05) is 36.4 Å². The lowest BCUT2D eigenvalue weighted by molar-refractivity contribution is -0.154. The zero-order valence-electron chi connectivity index (χ0n) is 26.7. The number of carbonyl (C=O) groups is 3. The van der Waals surface area contributed by atoms with Crippen molar-refractivity contribution in [2.45, 2.75) is 69.8 Å². The number of β-lactam (4-membered cyclic amide) rings is 1. The molecule has 11 heteroatoms. The summed E-state index contributed by atoms with van der Waals surface area (Å²) in [4.78, 5) is 41.7. The van der Waals surface area contributed by atoms with E-state index in [1.54, 1.807) is 30.2 Å². The maximum Gasteiger partial charge on any atom is 0.304 e. The van der Waals surface area contributed by atoms with Crippen molar-refractivity contribution in [2.24, 2.45) is 5.92 Å². The molecular formula is C35H39ClN2O7Si. The molecule has 242 valence electrons. The van der Waals surface area contributed by atoms with Crippen LogP contribution in [0.25, 0.3) is 0 Å². The first kappa shape index (κ1) is 32.2. The molecule has 1 unspecified atom stereocenters. The highest BCUT2D eigenvalue weighted by atomic mass is 35.5. The third-order valence-corrected chi connectivity index (χ3v) is 14.6. The van der Waals surface area contributed by atoms with Crippen LogP contribution in [-0.2, 0) is 36.0 Å². The fourth-order valence-corrected chi connectivity index (χ4v) is 12.0. The Morgan fingerprint density at radius 2 is 1.78 bits per heavy atom. The van der Waals surface area contributed by atoms with Gasteiger partial charge < -0.3 is 24.2 Å². The third kappa shape index (κ3) is 5.21. The van der Waals surface area contributed by atoms with Gasteiger partial charge in [-0.25, -0.2) is 0 Å². The molecule has 5 atom stereocenters. The van der Waals surface area contributed by atoms with Crippen molar-refractivity contribution < 1.29 is 33.7 Å². The Morgan fingerprint density at radius 1 is 1.09 bits per heavy atom. The number of anilines is 2. The maximum absolute atomic E-state index is 14.8. The molecule has 0 aromatic heterocycles. The molecular weight excluding hydrogens is 624 g/mol. The van der Waals surface area contributed by atoms with E-state index < -0.39 is 25.9 Å². The molecule has 0 aliphatic carbocycles. The first-order chi connectivity index (χ1) is 21.9. The van der Waals surface area contributed by atoms with Gasteiger partial charge in [-0.2, -0.15) is 0 Å². The normalized spacial score (nSPS) is 25.5. The van der Waals surface area contributed by atoms with Gasteiger partial charge in [-0.15, -0.1) is 0 Å². The first-order valence-electron chi connectivity index (χ1n) is 15.6. The van der Waals surface area contributed by atoms with Crippen molar-refractivity contribution in [1.82, 2.24) is 0 Å². The molecule has 2 amide bonds. The summed E-state index contributed by atoms with van der Waals surface area (Å²) in [6.45, 7) is 8.25. The predicted octanol–water partition coefficient (Wildman–Crippen LogP) is 5.12. The summed E-state index contributed by atoms with van der Waals surface area (Å²) in [7, 11) is -0.648. The van der Waals surface area contributed by atoms with Crippen LogP contribution in [0, 0.1) is 5.92 Å². The highest BCUT2D eigenvalue weighted by Crippen LogP contribution is 2.60. The Kier molecular flexibility index (Phi) is 8.52. The average Bonchev–Trinajstić information content (AvgIpc) is 3.44. The van der Waals surface area contributed by atoms with Crippen LogP contribution in [0.1, 0.15) is 37.8 Å². The summed E-state index contributed by atoms with van der Waals surface area (Å²) in [6.07, 6.45) is -0.381. The minimum atomic E-state index is -2.30. The number of aliphatic hydroxyl groups excluding tert-OH is 1. The SMILES string of the molecule is COc1ccc([Si](C)(C)[C@H]2[C@H](CCO)O[C@@]3(C(=O)N(Cc4ccc(N5C(=O)CC5OC(C)=O)cc4)c4ccc(Cl)cc43)[C@@H]2C)cc1. The lowest BCUT2D eigenvalue weighted by Crippen LogP contribution is -2.54. The molecule has 1 spiro atoms. The zero-order chi connectivity index (χ0) is 33.0. The molecule has 3 aliphatic heterocycles. The maximum atomic E-state index is 14.8. The van der Waals surface area contributed by atoms with Crippen LogP contribution in [0.15, 0.2) is 66.7 Å². The fourth-order valence-electron chi connectivity index (χ4n) is 7.77. The second kappa shape index (κ2) is 12.1. The Labute approximate surface area is 275 Å². The number of methoxy groups -OCH3 is 1. The largest absolute Gasteiger partial charge is 0.497 e. The highest BCUT2D eigenvalue weighted by Gasteiger charge is 2.66. The van der Waals surface area contributed by atoms with Crippen molar-refractivity contribution in [3.63, 3.8) is 0 Å². The topological polar surface area (TPSA) is 106 Å². The van der Waals surface area contributed by atoms with Gasteiger partial charge in [0.2, 0.25) is 5.91 Å². The molecule has 0 radical (unpaired) electrons. The number of rotatable bonds is 9. The molecule has 2 saturated heterocycles. The van der Waals surface area contributed by atoms with E-state index in [0.29, 0.717) is 17.1 Å². The molecule has 3 aliphatic rings. The Bertz CT molecular complexity index is 1660. The molecule has 2 fully saturated rings. The molecule has 0 bridgehead atoms. The summed E-state index contributed by atoms with van der Waals surface area (Å²) in [5, 5.41) is 11.9. The quantitative estimate of drug-likeness (QED) is 0.193. The standard InChI is InChI=1S/C35H39ClN2O7Si/c1-21-33(46(4,5)27-13-11-26(43-3)12-14-27)30(16-17-39)45-35(21)28-18-24(36)8-15-29(28)37(34(35)42)20-23-6-9-25(10-7-23)38-31(41)19-32(38)44-22(2)40/h6-15,18,21,30,32-33,39H,16-17,19-20H2,1-5H3/t21-,30+,32?,33-,35+/m1/s1. The van der Waals surface area contributed by atoms with Gasteiger partial charge in [0.15, 0.2) is 11.8 Å². The van der Waals surface area contributed by atoms with Gasteiger partial charge >= 0.3 is 5.97 Å². The van der Waals surface area contributed by atoms with Crippen molar-refractivity contribution in [2.75, 3.05) is 23.5 Å². The Morgan fingerprint density at radius 3 is 2.39 bits per heavy atom. The number of nitrogens with zero attached hydrogens (tertiary/aromatic N) is 2. The van der Waals surface area contributed by atoms with Gasteiger partial charge in [0, 0.05) is 35.7 Å². The highest BCUT2D eigenvalue weighted by molar-refractivity contribution is 6.91. The number of ether oxygens (including phenoxy) is 3. The average molecular weight is 663 g/mol. The minimum Gasteiger partial charge on any atom is -0.497 e. The van der Waals surface area contributed by atoms with Crippen molar-refractivity contribution >= 4 is 54.0 Å². The second-order valence-corrected chi connectivity index (χ2v) is 18.0. The van der Waals surface area contributed by atoms with Crippen molar-refractivity contribution in [3.8, 4) is 5.75 Å². The Hall–Kier alpha value is -3.70. The van der Waals surface area contributed by atoms with Crippen LogP contribution in [0.5, 0.6) is 5.75 Å². The Balaban J connectivity index is 1.33. The monoisotopic (exact) mass is 662 g/mol.